The second kappa shape index (κ2) is 5.58. The molecule has 0 bridgehead atoms. The number of aryl methyl sites for hydroxylation is 1. The lowest BCUT2D eigenvalue weighted by molar-refractivity contribution is 0.0301. The number of aliphatic hydroxyl groups excluding tert-OH is 1. The highest BCUT2D eigenvalue weighted by Crippen LogP contribution is 2.25. The molecule has 0 aromatic carbocycles. The molecule has 5 nitrogen and oxygen atoms in total. The third-order valence-electron chi connectivity index (χ3n) is 4.47. The van der Waals surface area contributed by atoms with Gasteiger partial charge < -0.3 is 14.4 Å². The SMILES string of the molecule is Cc1ccc(C(=O)N2CCN(C3CCCC3O)CC2)o1. The molecule has 2 unspecified atom stereocenters. The lowest BCUT2D eigenvalue weighted by Crippen LogP contribution is -2.53. The molecule has 1 aliphatic heterocycles. The van der Waals surface area contributed by atoms with Crippen molar-refractivity contribution in [3.63, 3.8) is 0 Å². The van der Waals surface area contributed by atoms with Crippen molar-refractivity contribution in [2.75, 3.05) is 26.2 Å². The van der Waals surface area contributed by atoms with Gasteiger partial charge in [0.25, 0.3) is 5.91 Å². The zero-order valence-electron chi connectivity index (χ0n) is 11.9. The fourth-order valence-corrected chi connectivity index (χ4v) is 3.31. The van der Waals surface area contributed by atoms with Crippen LogP contribution in [0.5, 0.6) is 0 Å². The Morgan fingerprint density at radius 3 is 2.55 bits per heavy atom. The molecule has 2 aliphatic rings. The number of hydrogen-bond acceptors (Lipinski definition) is 4. The van der Waals surface area contributed by atoms with E-state index in [0.29, 0.717) is 18.8 Å². The first kappa shape index (κ1) is 13.6. The molecule has 1 saturated heterocycles. The standard InChI is InChI=1S/C15H22N2O3/c1-11-5-6-14(20-11)15(19)17-9-7-16(8-10-17)12-3-2-4-13(12)18/h5-6,12-13,18H,2-4,7-10H2,1H3. The first-order chi connectivity index (χ1) is 9.65. The van der Waals surface area contributed by atoms with E-state index in [-0.39, 0.29) is 18.1 Å². The normalized spacial score (nSPS) is 28.0. The summed E-state index contributed by atoms with van der Waals surface area (Å²) in [6.45, 7) is 4.94. The smallest absolute Gasteiger partial charge is 0.289 e. The molecular weight excluding hydrogens is 256 g/mol. The van der Waals surface area contributed by atoms with Gasteiger partial charge in [-0.2, -0.15) is 0 Å². The molecule has 1 aliphatic carbocycles. The summed E-state index contributed by atoms with van der Waals surface area (Å²) in [7, 11) is 0. The van der Waals surface area contributed by atoms with Crippen LogP contribution in [0, 0.1) is 6.92 Å². The van der Waals surface area contributed by atoms with E-state index >= 15 is 0 Å². The van der Waals surface area contributed by atoms with Gasteiger partial charge in [0.2, 0.25) is 0 Å². The molecule has 2 atom stereocenters. The maximum absolute atomic E-state index is 12.3. The monoisotopic (exact) mass is 278 g/mol. The maximum Gasteiger partial charge on any atom is 0.289 e. The van der Waals surface area contributed by atoms with Gasteiger partial charge in [-0.25, -0.2) is 0 Å². The number of nitrogens with zero attached hydrogens (tertiary/aromatic N) is 2. The number of furan rings is 1. The highest BCUT2D eigenvalue weighted by Gasteiger charge is 2.33. The Labute approximate surface area is 119 Å². The van der Waals surface area contributed by atoms with Crippen LogP contribution in [0.15, 0.2) is 16.5 Å². The first-order valence-electron chi connectivity index (χ1n) is 7.43. The molecule has 1 saturated carbocycles. The number of hydrogen-bond donors (Lipinski definition) is 1. The number of aliphatic hydroxyl groups is 1. The number of rotatable bonds is 2. The van der Waals surface area contributed by atoms with Crippen molar-refractivity contribution in [3.05, 3.63) is 23.7 Å². The predicted octanol–water partition coefficient (Wildman–Crippen LogP) is 1.26. The van der Waals surface area contributed by atoms with Gasteiger partial charge in [0.1, 0.15) is 5.76 Å². The number of piperazine rings is 1. The molecule has 1 aromatic rings. The van der Waals surface area contributed by atoms with E-state index < -0.39 is 0 Å². The minimum atomic E-state index is -0.190. The topological polar surface area (TPSA) is 56.9 Å². The number of amides is 1. The summed E-state index contributed by atoms with van der Waals surface area (Å²) in [6, 6.07) is 3.85. The minimum Gasteiger partial charge on any atom is -0.456 e. The van der Waals surface area contributed by atoms with Crippen LogP contribution >= 0.6 is 0 Å². The van der Waals surface area contributed by atoms with Crippen molar-refractivity contribution in [2.24, 2.45) is 0 Å². The highest BCUT2D eigenvalue weighted by molar-refractivity contribution is 5.91. The van der Waals surface area contributed by atoms with Crippen molar-refractivity contribution < 1.29 is 14.3 Å². The van der Waals surface area contributed by atoms with Gasteiger partial charge in [0.15, 0.2) is 5.76 Å². The summed E-state index contributed by atoms with van der Waals surface area (Å²) in [5, 5.41) is 9.96. The van der Waals surface area contributed by atoms with E-state index in [4.69, 9.17) is 4.42 Å². The quantitative estimate of drug-likeness (QED) is 0.885. The molecule has 1 aromatic heterocycles. The number of carbonyl (C=O) groups excluding carboxylic acids is 1. The zero-order chi connectivity index (χ0) is 14.1. The molecule has 110 valence electrons. The lowest BCUT2D eigenvalue weighted by atomic mass is 10.1. The molecule has 1 amide bonds. The molecule has 2 fully saturated rings. The van der Waals surface area contributed by atoms with Gasteiger partial charge in [0.05, 0.1) is 6.10 Å². The van der Waals surface area contributed by atoms with E-state index in [1.807, 2.05) is 17.9 Å². The summed E-state index contributed by atoms with van der Waals surface area (Å²) in [4.78, 5) is 16.4. The van der Waals surface area contributed by atoms with Gasteiger partial charge >= 0.3 is 0 Å². The van der Waals surface area contributed by atoms with Crippen molar-refractivity contribution in [2.45, 2.75) is 38.3 Å². The van der Waals surface area contributed by atoms with Crippen LogP contribution in [-0.2, 0) is 0 Å². The largest absolute Gasteiger partial charge is 0.456 e. The molecule has 5 heteroatoms. The van der Waals surface area contributed by atoms with Gasteiger partial charge in [-0.3, -0.25) is 9.69 Å². The average molecular weight is 278 g/mol. The molecule has 2 heterocycles. The van der Waals surface area contributed by atoms with Crippen molar-refractivity contribution in [1.82, 2.24) is 9.80 Å². The summed E-state index contributed by atoms with van der Waals surface area (Å²) >= 11 is 0. The summed E-state index contributed by atoms with van der Waals surface area (Å²) < 4.78 is 5.40. The zero-order valence-corrected chi connectivity index (χ0v) is 11.9. The van der Waals surface area contributed by atoms with Gasteiger partial charge in [0, 0.05) is 32.2 Å². The third kappa shape index (κ3) is 2.60. The molecule has 20 heavy (non-hydrogen) atoms. The second-order valence-corrected chi connectivity index (χ2v) is 5.80. The minimum absolute atomic E-state index is 0.0234. The number of carbonyl (C=O) groups is 1. The molecule has 3 rings (SSSR count). The predicted molar refractivity (Wildman–Crippen MR) is 74.6 cm³/mol. The van der Waals surface area contributed by atoms with E-state index in [2.05, 4.69) is 4.90 Å². The Balaban J connectivity index is 1.57. The van der Waals surface area contributed by atoms with Gasteiger partial charge in [-0.05, 0) is 38.3 Å². The first-order valence-corrected chi connectivity index (χ1v) is 7.43. The van der Waals surface area contributed by atoms with Gasteiger partial charge in [-0.15, -0.1) is 0 Å². The van der Waals surface area contributed by atoms with E-state index in [9.17, 15) is 9.90 Å². The van der Waals surface area contributed by atoms with Crippen LogP contribution in [0.25, 0.3) is 0 Å². The van der Waals surface area contributed by atoms with E-state index in [1.165, 1.54) is 0 Å². The molecule has 1 N–H and O–H groups in total. The van der Waals surface area contributed by atoms with Crippen LogP contribution in [-0.4, -0.2) is 59.1 Å². The summed E-state index contributed by atoms with van der Waals surface area (Å²) in [6.07, 6.45) is 2.91. The Hall–Kier alpha value is -1.33. The highest BCUT2D eigenvalue weighted by atomic mass is 16.3. The lowest BCUT2D eigenvalue weighted by Gasteiger charge is -2.38. The fourth-order valence-electron chi connectivity index (χ4n) is 3.31. The molecular formula is C15H22N2O3. The molecule has 0 radical (unpaired) electrons. The third-order valence-corrected chi connectivity index (χ3v) is 4.47. The van der Waals surface area contributed by atoms with Crippen LogP contribution < -0.4 is 0 Å². The Morgan fingerprint density at radius 2 is 2.00 bits per heavy atom. The fraction of sp³-hybridized carbons (Fsp3) is 0.667. The Morgan fingerprint density at radius 1 is 1.25 bits per heavy atom. The van der Waals surface area contributed by atoms with Crippen molar-refractivity contribution in [3.8, 4) is 0 Å². The summed E-state index contributed by atoms with van der Waals surface area (Å²) in [5.74, 6) is 1.17. The Bertz CT molecular complexity index is 477. The average Bonchev–Trinajstić information content (AvgIpc) is 3.07. The van der Waals surface area contributed by atoms with Crippen LogP contribution in [0.3, 0.4) is 0 Å². The van der Waals surface area contributed by atoms with Crippen LogP contribution in [0.2, 0.25) is 0 Å². The van der Waals surface area contributed by atoms with Crippen LogP contribution in [0.4, 0.5) is 0 Å². The van der Waals surface area contributed by atoms with Crippen LogP contribution in [0.1, 0.15) is 35.6 Å². The van der Waals surface area contributed by atoms with E-state index in [1.54, 1.807) is 6.07 Å². The molecule has 0 spiro atoms. The maximum atomic E-state index is 12.3. The summed E-state index contributed by atoms with van der Waals surface area (Å²) in [5.41, 5.74) is 0. The van der Waals surface area contributed by atoms with E-state index in [0.717, 1.165) is 38.1 Å². The van der Waals surface area contributed by atoms with Crippen molar-refractivity contribution in [1.29, 1.82) is 0 Å². The van der Waals surface area contributed by atoms with Crippen molar-refractivity contribution >= 4 is 5.91 Å². The van der Waals surface area contributed by atoms with Gasteiger partial charge in [-0.1, -0.05) is 0 Å². The second-order valence-electron chi connectivity index (χ2n) is 5.80. The Kier molecular flexibility index (Phi) is 3.81.